The third-order valence-corrected chi connectivity index (χ3v) is 3.37. The molecule has 15 heavy (non-hydrogen) atoms. The summed E-state index contributed by atoms with van der Waals surface area (Å²) in [5, 5.41) is 19.2. The summed E-state index contributed by atoms with van der Waals surface area (Å²) >= 11 is 1.51. The second-order valence-corrected chi connectivity index (χ2v) is 4.46. The first-order valence-electron chi connectivity index (χ1n) is 4.95. The van der Waals surface area contributed by atoms with Crippen molar-refractivity contribution in [3.8, 4) is 0 Å². The molecular formula is C11H13NO2S. The van der Waals surface area contributed by atoms with Crippen molar-refractivity contribution >= 4 is 21.6 Å². The standard InChI is InChI=1S/C11H13NO2S/c13-7-3-5-9(14)11-12-8-4-1-2-6-10(8)15-11/h1-2,4,6,9,13-14H,3,5,7H2. The van der Waals surface area contributed by atoms with E-state index in [4.69, 9.17) is 5.11 Å². The topological polar surface area (TPSA) is 53.4 Å². The minimum Gasteiger partial charge on any atom is -0.396 e. The maximum absolute atomic E-state index is 9.79. The molecule has 2 aromatic rings. The number of aliphatic hydroxyl groups is 2. The molecule has 0 saturated heterocycles. The van der Waals surface area contributed by atoms with Crippen LogP contribution in [0.2, 0.25) is 0 Å². The van der Waals surface area contributed by atoms with E-state index in [2.05, 4.69) is 4.98 Å². The smallest absolute Gasteiger partial charge is 0.122 e. The van der Waals surface area contributed by atoms with Crippen LogP contribution in [-0.2, 0) is 0 Å². The molecule has 0 radical (unpaired) electrons. The summed E-state index contributed by atoms with van der Waals surface area (Å²) in [6.07, 6.45) is 0.627. The fourth-order valence-electron chi connectivity index (χ4n) is 1.44. The van der Waals surface area contributed by atoms with E-state index in [0.717, 1.165) is 15.2 Å². The predicted octanol–water partition coefficient (Wildman–Crippen LogP) is 2.10. The van der Waals surface area contributed by atoms with Crippen LogP contribution in [0, 0.1) is 0 Å². The third kappa shape index (κ3) is 2.34. The zero-order valence-corrected chi connectivity index (χ0v) is 9.07. The molecule has 0 bridgehead atoms. The summed E-state index contributed by atoms with van der Waals surface area (Å²) in [5.41, 5.74) is 0.931. The van der Waals surface area contributed by atoms with Gasteiger partial charge in [-0.1, -0.05) is 12.1 Å². The summed E-state index contributed by atoms with van der Waals surface area (Å²) in [5.74, 6) is 0. The molecule has 0 spiro atoms. The van der Waals surface area contributed by atoms with Crippen molar-refractivity contribution in [2.24, 2.45) is 0 Å². The molecule has 0 aliphatic rings. The number of hydrogen-bond acceptors (Lipinski definition) is 4. The number of thiazole rings is 1. The van der Waals surface area contributed by atoms with Gasteiger partial charge in [0.2, 0.25) is 0 Å². The highest BCUT2D eigenvalue weighted by Crippen LogP contribution is 2.28. The summed E-state index contributed by atoms with van der Waals surface area (Å²) in [4.78, 5) is 4.35. The fraction of sp³-hybridized carbons (Fsp3) is 0.364. The molecule has 1 aromatic heterocycles. The Kier molecular flexibility index (Phi) is 3.30. The number of nitrogens with zero attached hydrogens (tertiary/aromatic N) is 1. The first-order chi connectivity index (χ1) is 7.31. The molecule has 3 nitrogen and oxygen atoms in total. The maximum atomic E-state index is 9.79. The molecule has 1 heterocycles. The first-order valence-corrected chi connectivity index (χ1v) is 5.77. The molecule has 0 fully saturated rings. The predicted molar refractivity (Wildman–Crippen MR) is 60.9 cm³/mol. The van der Waals surface area contributed by atoms with Crippen LogP contribution < -0.4 is 0 Å². The zero-order chi connectivity index (χ0) is 10.7. The van der Waals surface area contributed by atoms with Crippen LogP contribution >= 0.6 is 11.3 Å². The van der Waals surface area contributed by atoms with Gasteiger partial charge in [-0.2, -0.15) is 0 Å². The van der Waals surface area contributed by atoms with Crippen molar-refractivity contribution in [3.63, 3.8) is 0 Å². The molecule has 0 aliphatic carbocycles. The van der Waals surface area contributed by atoms with Gasteiger partial charge >= 0.3 is 0 Å². The average Bonchev–Trinajstić information content (AvgIpc) is 2.69. The van der Waals surface area contributed by atoms with Crippen molar-refractivity contribution in [1.82, 2.24) is 4.98 Å². The number of rotatable bonds is 4. The van der Waals surface area contributed by atoms with Crippen LogP contribution in [0.25, 0.3) is 10.2 Å². The molecule has 4 heteroatoms. The van der Waals surface area contributed by atoms with Crippen LogP contribution in [0.3, 0.4) is 0 Å². The molecular weight excluding hydrogens is 210 g/mol. The van der Waals surface area contributed by atoms with Gasteiger partial charge in [-0.3, -0.25) is 0 Å². The van der Waals surface area contributed by atoms with Gasteiger partial charge in [0.25, 0.3) is 0 Å². The Morgan fingerprint density at radius 1 is 1.33 bits per heavy atom. The van der Waals surface area contributed by atoms with Gasteiger partial charge in [-0.05, 0) is 25.0 Å². The van der Waals surface area contributed by atoms with Crippen molar-refractivity contribution in [3.05, 3.63) is 29.3 Å². The van der Waals surface area contributed by atoms with Gasteiger partial charge in [0.05, 0.1) is 10.2 Å². The lowest BCUT2D eigenvalue weighted by molar-refractivity contribution is 0.151. The maximum Gasteiger partial charge on any atom is 0.122 e. The summed E-state index contributed by atoms with van der Waals surface area (Å²) in [7, 11) is 0. The highest BCUT2D eigenvalue weighted by Gasteiger charge is 2.12. The average molecular weight is 223 g/mol. The summed E-state index contributed by atoms with van der Waals surface area (Å²) in [6.45, 7) is 0.113. The lowest BCUT2D eigenvalue weighted by atomic mass is 10.2. The summed E-state index contributed by atoms with van der Waals surface area (Å²) < 4.78 is 1.09. The minimum atomic E-state index is -0.547. The number of aromatic nitrogens is 1. The minimum absolute atomic E-state index is 0.113. The van der Waals surface area contributed by atoms with Crippen LogP contribution in [0.1, 0.15) is 24.0 Å². The molecule has 1 atom stereocenters. The number of fused-ring (bicyclic) bond motifs is 1. The largest absolute Gasteiger partial charge is 0.396 e. The van der Waals surface area contributed by atoms with Gasteiger partial charge in [-0.25, -0.2) is 4.98 Å². The highest BCUT2D eigenvalue weighted by molar-refractivity contribution is 7.18. The van der Waals surface area contributed by atoms with E-state index in [1.807, 2.05) is 24.3 Å². The van der Waals surface area contributed by atoms with Crippen LogP contribution in [0.15, 0.2) is 24.3 Å². The van der Waals surface area contributed by atoms with Gasteiger partial charge in [0, 0.05) is 6.61 Å². The monoisotopic (exact) mass is 223 g/mol. The van der Waals surface area contributed by atoms with Gasteiger partial charge in [-0.15, -0.1) is 11.3 Å². The molecule has 2 N–H and O–H groups in total. The molecule has 2 rings (SSSR count). The van der Waals surface area contributed by atoms with E-state index in [0.29, 0.717) is 12.8 Å². The van der Waals surface area contributed by atoms with E-state index in [1.165, 1.54) is 11.3 Å². The second-order valence-electron chi connectivity index (χ2n) is 3.40. The normalized spacial score (nSPS) is 13.2. The molecule has 80 valence electrons. The molecule has 0 amide bonds. The Bertz CT molecular complexity index is 408. The van der Waals surface area contributed by atoms with E-state index >= 15 is 0 Å². The molecule has 1 aromatic carbocycles. The van der Waals surface area contributed by atoms with Gasteiger partial charge in [0.15, 0.2) is 0 Å². The van der Waals surface area contributed by atoms with E-state index < -0.39 is 6.10 Å². The Hall–Kier alpha value is -0.970. The Labute approximate surface area is 92.0 Å². The zero-order valence-electron chi connectivity index (χ0n) is 8.26. The van der Waals surface area contributed by atoms with E-state index in [-0.39, 0.29) is 6.61 Å². The first kappa shape index (κ1) is 10.5. The van der Waals surface area contributed by atoms with E-state index in [9.17, 15) is 5.11 Å². The number of para-hydroxylation sites is 1. The molecule has 0 saturated carbocycles. The van der Waals surface area contributed by atoms with Crippen LogP contribution in [0.4, 0.5) is 0 Å². The van der Waals surface area contributed by atoms with Gasteiger partial charge < -0.3 is 10.2 Å². The molecule has 1 unspecified atom stereocenters. The third-order valence-electron chi connectivity index (χ3n) is 2.23. The number of aliphatic hydroxyl groups excluding tert-OH is 2. The van der Waals surface area contributed by atoms with Crippen LogP contribution in [-0.4, -0.2) is 21.8 Å². The Morgan fingerprint density at radius 2 is 2.13 bits per heavy atom. The number of hydrogen-bond donors (Lipinski definition) is 2. The second kappa shape index (κ2) is 4.70. The van der Waals surface area contributed by atoms with Crippen molar-refractivity contribution in [2.45, 2.75) is 18.9 Å². The quantitative estimate of drug-likeness (QED) is 0.834. The summed E-state index contributed by atoms with van der Waals surface area (Å²) in [6, 6.07) is 7.83. The molecule has 0 aliphatic heterocycles. The SMILES string of the molecule is OCCCC(O)c1nc2ccccc2s1. The lowest BCUT2D eigenvalue weighted by Crippen LogP contribution is -1.97. The van der Waals surface area contributed by atoms with Gasteiger partial charge in [0.1, 0.15) is 11.1 Å². The Morgan fingerprint density at radius 3 is 2.87 bits per heavy atom. The fourth-order valence-corrected chi connectivity index (χ4v) is 2.43. The number of benzene rings is 1. The van der Waals surface area contributed by atoms with Crippen LogP contribution in [0.5, 0.6) is 0 Å². The lowest BCUT2D eigenvalue weighted by Gasteiger charge is -2.04. The highest BCUT2D eigenvalue weighted by atomic mass is 32.1. The van der Waals surface area contributed by atoms with Crippen molar-refractivity contribution < 1.29 is 10.2 Å². The van der Waals surface area contributed by atoms with E-state index in [1.54, 1.807) is 0 Å². The van der Waals surface area contributed by atoms with Crippen molar-refractivity contribution in [2.75, 3.05) is 6.61 Å². The Balaban J connectivity index is 2.20. The van der Waals surface area contributed by atoms with Crippen molar-refractivity contribution in [1.29, 1.82) is 0 Å².